The largest absolute Gasteiger partial charge is 0.313 e. The highest BCUT2D eigenvalue weighted by Gasteiger charge is 2.37. The highest BCUT2D eigenvalue weighted by Crippen LogP contribution is 2.28. The summed E-state index contributed by atoms with van der Waals surface area (Å²) < 4.78 is 0. The van der Waals surface area contributed by atoms with Crippen molar-refractivity contribution in [1.82, 2.24) is 5.32 Å². The molecule has 2 rings (SSSR count). The summed E-state index contributed by atoms with van der Waals surface area (Å²) in [5.41, 5.74) is 0. The minimum atomic E-state index is -0.341. The lowest BCUT2D eigenvalue weighted by atomic mass is 9.80. The second-order valence-electron chi connectivity index (χ2n) is 5.48. The van der Waals surface area contributed by atoms with Crippen molar-refractivity contribution in [2.24, 2.45) is 11.8 Å². The van der Waals surface area contributed by atoms with Gasteiger partial charge in [-0.1, -0.05) is 13.3 Å². The van der Waals surface area contributed by atoms with Crippen LogP contribution in [0.2, 0.25) is 0 Å². The first kappa shape index (κ1) is 12.7. The summed E-state index contributed by atoms with van der Waals surface area (Å²) in [5, 5.41) is 3.40. The van der Waals surface area contributed by atoms with E-state index in [2.05, 4.69) is 12.2 Å². The molecule has 1 saturated heterocycles. The van der Waals surface area contributed by atoms with E-state index in [-0.39, 0.29) is 23.5 Å². The summed E-state index contributed by atoms with van der Waals surface area (Å²) >= 11 is 0. The smallest absolute Gasteiger partial charge is 0.144 e. The zero-order valence-corrected chi connectivity index (χ0v) is 10.7. The van der Waals surface area contributed by atoms with E-state index >= 15 is 0 Å². The van der Waals surface area contributed by atoms with Crippen LogP contribution in [0.15, 0.2) is 0 Å². The summed E-state index contributed by atoms with van der Waals surface area (Å²) in [4.78, 5) is 24.1. The van der Waals surface area contributed by atoms with Crippen LogP contribution in [-0.4, -0.2) is 24.2 Å². The molecule has 0 amide bonds. The third-order valence-electron chi connectivity index (χ3n) is 4.32. The van der Waals surface area contributed by atoms with Crippen LogP contribution in [0.4, 0.5) is 0 Å². The predicted octanol–water partition coefficient (Wildman–Crippen LogP) is 2.09. The van der Waals surface area contributed by atoms with Crippen molar-refractivity contribution < 1.29 is 9.59 Å². The summed E-state index contributed by atoms with van der Waals surface area (Å²) in [6.45, 7) is 3.16. The Bertz CT molecular complexity index is 283. The fourth-order valence-corrected chi connectivity index (χ4v) is 3.20. The van der Waals surface area contributed by atoms with E-state index in [0.29, 0.717) is 18.8 Å². The van der Waals surface area contributed by atoms with Gasteiger partial charge in [0.25, 0.3) is 0 Å². The molecule has 96 valence electrons. The van der Waals surface area contributed by atoms with Gasteiger partial charge in [-0.25, -0.2) is 0 Å². The highest BCUT2D eigenvalue weighted by molar-refractivity contribution is 6.03. The first-order valence-electron chi connectivity index (χ1n) is 7.01. The predicted molar refractivity (Wildman–Crippen MR) is 66.8 cm³/mol. The Labute approximate surface area is 103 Å². The van der Waals surface area contributed by atoms with Crippen molar-refractivity contribution in [2.75, 3.05) is 6.54 Å². The number of rotatable bonds is 2. The van der Waals surface area contributed by atoms with Gasteiger partial charge in [-0.05, 0) is 38.1 Å². The van der Waals surface area contributed by atoms with E-state index < -0.39 is 0 Å². The van der Waals surface area contributed by atoms with Crippen molar-refractivity contribution in [3.05, 3.63) is 0 Å². The maximum Gasteiger partial charge on any atom is 0.144 e. The van der Waals surface area contributed by atoms with Crippen LogP contribution < -0.4 is 5.32 Å². The number of carbonyl (C=O) groups is 2. The quantitative estimate of drug-likeness (QED) is 0.591. The van der Waals surface area contributed by atoms with E-state index in [1.807, 2.05) is 0 Å². The van der Waals surface area contributed by atoms with Crippen LogP contribution in [0.5, 0.6) is 0 Å². The van der Waals surface area contributed by atoms with Gasteiger partial charge < -0.3 is 5.32 Å². The Morgan fingerprint density at radius 3 is 2.41 bits per heavy atom. The SMILES string of the molecule is CCC1CCNC(C2C(=O)CCCCC2=O)C1. The van der Waals surface area contributed by atoms with Crippen LogP contribution in [0.25, 0.3) is 0 Å². The average molecular weight is 237 g/mol. The van der Waals surface area contributed by atoms with E-state index in [0.717, 1.165) is 32.2 Å². The zero-order chi connectivity index (χ0) is 12.3. The van der Waals surface area contributed by atoms with Crippen molar-refractivity contribution >= 4 is 11.6 Å². The number of hydrogen-bond donors (Lipinski definition) is 1. The highest BCUT2D eigenvalue weighted by atomic mass is 16.2. The van der Waals surface area contributed by atoms with E-state index in [1.54, 1.807) is 0 Å². The van der Waals surface area contributed by atoms with Gasteiger partial charge in [0, 0.05) is 18.9 Å². The Morgan fingerprint density at radius 2 is 1.82 bits per heavy atom. The molecule has 1 saturated carbocycles. The molecule has 2 fully saturated rings. The van der Waals surface area contributed by atoms with Crippen LogP contribution in [0.1, 0.15) is 51.9 Å². The van der Waals surface area contributed by atoms with E-state index in [4.69, 9.17) is 0 Å². The standard InChI is InChI=1S/C14H23NO2/c1-2-10-7-8-15-11(9-10)14-12(16)5-3-4-6-13(14)17/h10-11,14-15H,2-9H2,1H3. The molecule has 0 aromatic heterocycles. The van der Waals surface area contributed by atoms with Gasteiger partial charge in [0.05, 0.1) is 5.92 Å². The lowest BCUT2D eigenvalue weighted by Gasteiger charge is -2.33. The molecule has 0 aromatic rings. The summed E-state index contributed by atoms with van der Waals surface area (Å²) in [5.74, 6) is 0.709. The molecule has 3 nitrogen and oxygen atoms in total. The summed E-state index contributed by atoms with van der Waals surface area (Å²) in [6, 6.07) is 0.117. The fraction of sp³-hybridized carbons (Fsp3) is 0.857. The van der Waals surface area contributed by atoms with Crippen molar-refractivity contribution in [3.8, 4) is 0 Å². The number of nitrogens with one attached hydrogen (secondary N) is 1. The van der Waals surface area contributed by atoms with E-state index in [9.17, 15) is 9.59 Å². The molecular weight excluding hydrogens is 214 g/mol. The third kappa shape index (κ3) is 2.95. The van der Waals surface area contributed by atoms with Crippen LogP contribution in [-0.2, 0) is 9.59 Å². The minimum absolute atomic E-state index is 0.117. The Hall–Kier alpha value is -0.700. The van der Waals surface area contributed by atoms with Gasteiger partial charge in [-0.15, -0.1) is 0 Å². The van der Waals surface area contributed by atoms with Crippen molar-refractivity contribution in [3.63, 3.8) is 0 Å². The Morgan fingerprint density at radius 1 is 1.18 bits per heavy atom. The number of hydrogen-bond acceptors (Lipinski definition) is 3. The molecule has 1 N–H and O–H groups in total. The summed E-state index contributed by atoms with van der Waals surface area (Å²) in [7, 11) is 0. The molecule has 2 unspecified atom stereocenters. The van der Waals surface area contributed by atoms with Gasteiger partial charge in [0.15, 0.2) is 0 Å². The molecule has 17 heavy (non-hydrogen) atoms. The van der Waals surface area contributed by atoms with Gasteiger partial charge >= 0.3 is 0 Å². The molecule has 1 heterocycles. The number of carbonyl (C=O) groups excluding carboxylic acids is 2. The van der Waals surface area contributed by atoms with Crippen LogP contribution in [0, 0.1) is 11.8 Å². The van der Waals surface area contributed by atoms with Crippen molar-refractivity contribution in [1.29, 1.82) is 0 Å². The lowest BCUT2D eigenvalue weighted by molar-refractivity contribution is -0.133. The Balaban J connectivity index is 2.07. The molecule has 1 aliphatic carbocycles. The van der Waals surface area contributed by atoms with Gasteiger partial charge in [0.2, 0.25) is 0 Å². The first-order chi connectivity index (χ1) is 8.22. The fourth-order valence-electron chi connectivity index (χ4n) is 3.20. The molecule has 0 aromatic carbocycles. The summed E-state index contributed by atoms with van der Waals surface area (Å²) in [6.07, 6.45) is 6.33. The number of piperidine rings is 1. The molecule has 2 aliphatic rings. The maximum absolute atomic E-state index is 12.1. The molecule has 1 aliphatic heterocycles. The number of ketones is 2. The minimum Gasteiger partial charge on any atom is -0.313 e. The Kier molecular flexibility index (Phi) is 4.32. The van der Waals surface area contributed by atoms with Crippen LogP contribution >= 0.6 is 0 Å². The first-order valence-corrected chi connectivity index (χ1v) is 7.01. The van der Waals surface area contributed by atoms with Gasteiger partial charge in [-0.3, -0.25) is 9.59 Å². The molecule has 2 atom stereocenters. The van der Waals surface area contributed by atoms with Crippen LogP contribution in [0.3, 0.4) is 0 Å². The van der Waals surface area contributed by atoms with Gasteiger partial charge in [-0.2, -0.15) is 0 Å². The monoisotopic (exact) mass is 237 g/mol. The zero-order valence-electron chi connectivity index (χ0n) is 10.7. The second-order valence-corrected chi connectivity index (χ2v) is 5.48. The normalized spacial score (nSPS) is 32.5. The molecule has 0 bridgehead atoms. The lowest BCUT2D eigenvalue weighted by Crippen LogP contribution is -2.48. The number of Topliss-reactive ketones (excluding diaryl/α,β-unsaturated/α-hetero) is 2. The second kappa shape index (κ2) is 5.76. The van der Waals surface area contributed by atoms with Crippen molar-refractivity contribution in [2.45, 2.75) is 57.9 Å². The molecule has 0 radical (unpaired) electrons. The van der Waals surface area contributed by atoms with E-state index in [1.165, 1.54) is 6.42 Å². The average Bonchev–Trinajstić information content (AvgIpc) is 2.51. The third-order valence-corrected chi connectivity index (χ3v) is 4.32. The molecule has 3 heteroatoms. The molecular formula is C14H23NO2. The maximum atomic E-state index is 12.1. The van der Waals surface area contributed by atoms with Gasteiger partial charge in [0.1, 0.15) is 11.6 Å². The topological polar surface area (TPSA) is 46.2 Å². The molecule has 0 spiro atoms.